The molecule has 10 heavy (non-hydrogen) atoms. The molecule has 0 saturated carbocycles. The molecule has 60 valence electrons. The van der Waals surface area contributed by atoms with Crippen LogP contribution in [-0.4, -0.2) is 23.3 Å². The van der Waals surface area contributed by atoms with Crippen molar-refractivity contribution in [2.45, 2.75) is 32.0 Å². The molecule has 0 radical (unpaired) electrons. The van der Waals surface area contributed by atoms with Crippen LogP contribution in [0.25, 0.3) is 0 Å². The Morgan fingerprint density at radius 3 is 2.60 bits per heavy atom. The second-order valence-electron chi connectivity index (χ2n) is 2.17. The molecule has 3 N–H and O–H groups in total. The van der Waals surface area contributed by atoms with Crippen LogP contribution in [-0.2, 0) is 4.79 Å². The zero-order valence-electron chi connectivity index (χ0n) is 5.88. The summed E-state index contributed by atoms with van der Waals surface area (Å²) in [7, 11) is 0. The zero-order valence-corrected chi connectivity index (χ0v) is 5.88. The van der Waals surface area contributed by atoms with Gasteiger partial charge in [-0.15, -0.1) is 0 Å². The van der Waals surface area contributed by atoms with E-state index in [-0.39, 0.29) is 6.42 Å². The van der Waals surface area contributed by atoms with Crippen LogP contribution in [0.15, 0.2) is 0 Å². The van der Waals surface area contributed by atoms with Gasteiger partial charge < -0.3 is 10.8 Å². The van der Waals surface area contributed by atoms with E-state index in [9.17, 15) is 9.18 Å². The number of carboxylic acids is 1. The fraction of sp³-hybridized carbons (Fsp3) is 0.833. The Hall–Kier alpha value is -0.640. The van der Waals surface area contributed by atoms with E-state index < -0.39 is 18.2 Å². The molecule has 0 saturated heterocycles. The minimum atomic E-state index is -1.41. The smallest absolute Gasteiger partial charge is 0.323 e. The number of aliphatic carboxylic acids is 1. The van der Waals surface area contributed by atoms with Gasteiger partial charge in [0.15, 0.2) is 0 Å². The number of carboxylic acid groups (broad SMARTS) is 1. The molecule has 0 spiro atoms. The molecule has 4 heteroatoms. The second-order valence-corrected chi connectivity index (χ2v) is 2.17. The highest BCUT2D eigenvalue weighted by Crippen LogP contribution is 2.04. The van der Waals surface area contributed by atoms with Crippen LogP contribution in [0.4, 0.5) is 4.39 Å². The Morgan fingerprint density at radius 1 is 1.80 bits per heavy atom. The highest BCUT2D eigenvalue weighted by molar-refractivity contribution is 5.73. The first-order chi connectivity index (χ1) is 4.59. The van der Waals surface area contributed by atoms with Gasteiger partial charge in [-0.2, -0.15) is 0 Å². The van der Waals surface area contributed by atoms with Gasteiger partial charge in [-0.25, -0.2) is 4.39 Å². The van der Waals surface area contributed by atoms with Crippen LogP contribution in [0.5, 0.6) is 0 Å². The van der Waals surface area contributed by atoms with Crippen molar-refractivity contribution in [1.29, 1.82) is 0 Å². The molecular formula is C6H12FNO2. The largest absolute Gasteiger partial charge is 0.480 e. The van der Waals surface area contributed by atoms with Crippen LogP contribution in [0.1, 0.15) is 19.8 Å². The van der Waals surface area contributed by atoms with E-state index in [0.717, 1.165) is 0 Å². The Bertz CT molecular complexity index is 118. The third kappa shape index (κ3) is 2.77. The first kappa shape index (κ1) is 9.36. The summed E-state index contributed by atoms with van der Waals surface area (Å²) in [6, 6.07) is -1.36. The van der Waals surface area contributed by atoms with Crippen molar-refractivity contribution in [3.8, 4) is 0 Å². The fourth-order valence-corrected chi connectivity index (χ4v) is 0.610. The lowest BCUT2D eigenvalue weighted by Gasteiger charge is -2.10. The van der Waals surface area contributed by atoms with E-state index in [1.54, 1.807) is 6.92 Å². The number of carbonyl (C=O) groups is 1. The Morgan fingerprint density at radius 2 is 2.30 bits per heavy atom. The number of nitrogens with two attached hydrogens (primary N) is 1. The van der Waals surface area contributed by atoms with Crippen molar-refractivity contribution in [2.24, 2.45) is 5.73 Å². The number of hydrogen-bond acceptors (Lipinski definition) is 2. The molecule has 0 aromatic carbocycles. The molecule has 0 aromatic rings. The van der Waals surface area contributed by atoms with Gasteiger partial charge in [-0.3, -0.25) is 4.79 Å². The van der Waals surface area contributed by atoms with Crippen LogP contribution in [0.2, 0.25) is 0 Å². The summed E-state index contributed by atoms with van der Waals surface area (Å²) in [6.07, 6.45) is -0.585. The summed E-state index contributed by atoms with van der Waals surface area (Å²) >= 11 is 0. The molecule has 1 unspecified atom stereocenters. The maximum atomic E-state index is 12.5. The zero-order chi connectivity index (χ0) is 8.15. The van der Waals surface area contributed by atoms with Crippen molar-refractivity contribution >= 4 is 5.97 Å². The lowest BCUT2D eigenvalue weighted by atomic mass is 10.1. The molecule has 2 atom stereocenters. The summed E-state index contributed by atoms with van der Waals surface area (Å²) in [5, 5.41) is 8.21. The Balaban J connectivity index is 3.69. The van der Waals surface area contributed by atoms with E-state index in [2.05, 4.69) is 0 Å². The van der Waals surface area contributed by atoms with E-state index in [1.807, 2.05) is 0 Å². The minimum absolute atomic E-state index is 0.216. The molecule has 0 aliphatic rings. The first-order valence-electron chi connectivity index (χ1n) is 3.22. The van der Waals surface area contributed by atoms with Gasteiger partial charge in [0.2, 0.25) is 0 Å². The molecule has 0 aliphatic heterocycles. The van der Waals surface area contributed by atoms with Gasteiger partial charge in [0.1, 0.15) is 12.2 Å². The van der Waals surface area contributed by atoms with Gasteiger partial charge in [0, 0.05) is 0 Å². The molecule has 3 nitrogen and oxygen atoms in total. The summed E-state index contributed by atoms with van der Waals surface area (Å²) in [4.78, 5) is 10.1. The SMILES string of the molecule is CCCC(F)[C@H](N)C(=O)O. The number of alkyl halides is 1. The quantitative estimate of drug-likeness (QED) is 0.613. The summed E-state index contributed by atoms with van der Waals surface area (Å²) in [5.41, 5.74) is 4.97. The van der Waals surface area contributed by atoms with Gasteiger partial charge >= 0.3 is 5.97 Å². The molecule has 0 amide bonds. The van der Waals surface area contributed by atoms with Crippen molar-refractivity contribution in [2.75, 3.05) is 0 Å². The van der Waals surface area contributed by atoms with E-state index in [0.29, 0.717) is 6.42 Å². The summed E-state index contributed by atoms with van der Waals surface area (Å²) in [6.45, 7) is 1.78. The standard InChI is InChI=1S/C6H12FNO2/c1-2-3-4(7)5(8)6(9)10/h4-5H,2-3,8H2,1H3,(H,9,10)/t4?,5-/m0/s1. The van der Waals surface area contributed by atoms with Crippen molar-refractivity contribution in [3.63, 3.8) is 0 Å². The van der Waals surface area contributed by atoms with E-state index >= 15 is 0 Å². The maximum Gasteiger partial charge on any atom is 0.323 e. The van der Waals surface area contributed by atoms with Crippen LogP contribution in [0.3, 0.4) is 0 Å². The molecule has 0 rings (SSSR count). The van der Waals surface area contributed by atoms with Crippen LogP contribution >= 0.6 is 0 Å². The lowest BCUT2D eigenvalue weighted by Crippen LogP contribution is -2.39. The third-order valence-corrected chi connectivity index (χ3v) is 1.24. The number of hydrogen-bond donors (Lipinski definition) is 2. The maximum absolute atomic E-state index is 12.5. The van der Waals surface area contributed by atoms with Crippen molar-refractivity contribution < 1.29 is 14.3 Å². The Labute approximate surface area is 59.0 Å². The predicted octanol–water partition coefficient (Wildman–Crippen LogP) is 0.536. The normalized spacial score (nSPS) is 16.3. The highest BCUT2D eigenvalue weighted by atomic mass is 19.1. The van der Waals surface area contributed by atoms with Gasteiger partial charge in [0.25, 0.3) is 0 Å². The topological polar surface area (TPSA) is 63.3 Å². The van der Waals surface area contributed by atoms with Gasteiger partial charge in [-0.1, -0.05) is 13.3 Å². The van der Waals surface area contributed by atoms with Gasteiger partial charge in [-0.05, 0) is 6.42 Å². The molecule has 0 heterocycles. The average molecular weight is 149 g/mol. The molecule has 0 bridgehead atoms. The predicted molar refractivity (Wildman–Crippen MR) is 35.4 cm³/mol. The average Bonchev–Trinajstić information content (AvgIpc) is 1.87. The summed E-state index contributed by atoms with van der Waals surface area (Å²) in [5.74, 6) is -1.28. The summed E-state index contributed by atoms with van der Waals surface area (Å²) < 4.78 is 12.5. The fourth-order valence-electron chi connectivity index (χ4n) is 0.610. The number of halogens is 1. The second kappa shape index (κ2) is 4.22. The van der Waals surface area contributed by atoms with Crippen LogP contribution < -0.4 is 5.73 Å². The minimum Gasteiger partial charge on any atom is -0.480 e. The first-order valence-corrected chi connectivity index (χ1v) is 3.22. The van der Waals surface area contributed by atoms with Crippen molar-refractivity contribution in [3.05, 3.63) is 0 Å². The molecule has 0 fully saturated rings. The molecule has 0 aliphatic carbocycles. The van der Waals surface area contributed by atoms with E-state index in [4.69, 9.17) is 10.8 Å². The highest BCUT2D eigenvalue weighted by Gasteiger charge is 2.22. The van der Waals surface area contributed by atoms with Gasteiger partial charge in [0.05, 0.1) is 0 Å². The van der Waals surface area contributed by atoms with Crippen molar-refractivity contribution in [1.82, 2.24) is 0 Å². The number of rotatable bonds is 4. The van der Waals surface area contributed by atoms with Crippen LogP contribution in [0, 0.1) is 0 Å². The van der Waals surface area contributed by atoms with E-state index in [1.165, 1.54) is 0 Å². The third-order valence-electron chi connectivity index (χ3n) is 1.24. The lowest BCUT2D eigenvalue weighted by molar-refractivity contribution is -0.140. The molecule has 0 aromatic heterocycles. The monoisotopic (exact) mass is 149 g/mol. The Kier molecular flexibility index (Phi) is 3.95. The molecular weight excluding hydrogens is 137 g/mol.